The average molecular weight is 625 g/mol. The topological polar surface area (TPSA) is 142 Å². The lowest BCUT2D eigenvalue weighted by Gasteiger charge is -2.11. The molecule has 0 aliphatic heterocycles. The molecule has 5 aromatic heterocycles. The van der Waals surface area contributed by atoms with Crippen LogP contribution in [-0.2, 0) is 22.8 Å². The molecule has 45 heavy (non-hydrogen) atoms. The van der Waals surface area contributed by atoms with Crippen LogP contribution < -0.4 is 5.32 Å². The first kappa shape index (κ1) is 29.2. The lowest BCUT2D eigenvalue weighted by molar-refractivity contribution is 0.489. The molecule has 1 aromatic carbocycles. The van der Waals surface area contributed by atoms with E-state index < -0.39 is 15.7 Å². The standard InChI is InChI=1S/C33H33FN8O2S/c1-45(43,44)11-9-21-12-23(15-25(34)14-21)26-8-10-37-32-29(26)39-33(40-32)31-30-28(41-42-31)7-6-27(38-30)24-13-22(18-36-19-24)17-35-16-20-4-2-3-5-20/h6-8,10,12-15,18-20,35H,2-5,9,11,16-17H2,1H3,(H,41,42)(H,37,39,40). The third-order valence-corrected chi connectivity index (χ3v) is 9.33. The predicted octanol–water partition coefficient (Wildman–Crippen LogP) is 5.63. The highest BCUT2D eigenvalue weighted by atomic mass is 32.2. The Bertz CT molecular complexity index is 2120. The number of sulfone groups is 1. The number of benzene rings is 1. The zero-order valence-electron chi connectivity index (χ0n) is 24.8. The Balaban J connectivity index is 1.19. The first-order valence-corrected chi connectivity index (χ1v) is 17.2. The number of aromatic nitrogens is 7. The SMILES string of the molecule is CS(=O)(=O)CCc1cc(F)cc(-c2ccnc3nc(-c4n[nH]c5ccc(-c6cncc(CNCC7CCCC7)c6)nc45)[nH]c23)c1. The van der Waals surface area contributed by atoms with Crippen LogP contribution in [0.2, 0.25) is 0 Å². The molecule has 3 N–H and O–H groups in total. The molecule has 0 unspecified atom stereocenters. The average Bonchev–Trinajstić information content (AvgIpc) is 3.79. The molecule has 0 atom stereocenters. The molecule has 7 rings (SSSR count). The van der Waals surface area contributed by atoms with E-state index in [1.807, 2.05) is 24.5 Å². The van der Waals surface area contributed by atoms with Crippen molar-refractivity contribution in [2.45, 2.75) is 38.6 Å². The Morgan fingerprint density at radius 2 is 1.84 bits per heavy atom. The molecule has 0 radical (unpaired) electrons. The van der Waals surface area contributed by atoms with Gasteiger partial charge in [-0.2, -0.15) is 5.10 Å². The van der Waals surface area contributed by atoms with Crippen molar-refractivity contribution in [3.05, 3.63) is 78.0 Å². The van der Waals surface area contributed by atoms with Gasteiger partial charge in [-0.3, -0.25) is 10.1 Å². The third-order valence-electron chi connectivity index (χ3n) is 8.38. The number of imidazole rings is 1. The van der Waals surface area contributed by atoms with Gasteiger partial charge < -0.3 is 10.3 Å². The summed E-state index contributed by atoms with van der Waals surface area (Å²) in [6.07, 6.45) is 12.0. The van der Waals surface area contributed by atoms with Crippen molar-refractivity contribution in [3.63, 3.8) is 0 Å². The second kappa shape index (κ2) is 12.1. The van der Waals surface area contributed by atoms with Crippen molar-refractivity contribution in [2.75, 3.05) is 18.6 Å². The summed E-state index contributed by atoms with van der Waals surface area (Å²) in [4.78, 5) is 21.9. The van der Waals surface area contributed by atoms with Gasteiger partial charge in [-0.15, -0.1) is 0 Å². The van der Waals surface area contributed by atoms with Gasteiger partial charge in [0.05, 0.1) is 22.5 Å². The summed E-state index contributed by atoms with van der Waals surface area (Å²) in [5.41, 5.74) is 7.66. The largest absolute Gasteiger partial charge is 0.335 e. The Kier molecular flexibility index (Phi) is 7.84. The molecule has 1 saturated carbocycles. The number of nitrogens with zero attached hydrogens (tertiary/aromatic N) is 5. The number of fused-ring (bicyclic) bond motifs is 2. The minimum absolute atomic E-state index is 0.0608. The fourth-order valence-electron chi connectivity index (χ4n) is 6.10. The quantitative estimate of drug-likeness (QED) is 0.178. The fraction of sp³-hybridized carbons (Fsp3) is 0.303. The molecule has 0 spiro atoms. The zero-order valence-corrected chi connectivity index (χ0v) is 25.7. The van der Waals surface area contributed by atoms with E-state index in [1.54, 1.807) is 18.3 Å². The van der Waals surface area contributed by atoms with Crippen molar-refractivity contribution in [1.82, 2.24) is 40.4 Å². The second-order valence-corrected chi connectivity index (χ2v) is 14.2. The minimum atomic E-state index is -3.19. The maximum absolute atomic E-state index is 14.6. The molecule has 0 saturated heterocycles. The van der Waals surface area contributed by atoms with Crippen molar-refractivity contribution in [1.29, 1.82) is 0 Å². The molecule has 1 fully saturated rings. The number of hydrogen-bond acceptors (Lipinski definition) is 8. The predicted molar refractivity (Wildman–Crippen MR) is 172 cm³/mol. The number of H-pyrrole nitrogens is 2. The van der Waals surface area contributed by atoms with Crippen LogP contribution >= 0.6 is 0 Å². The van der Waals surface area contributed by atoms with E-state index in [-0.39, 0.29) is 12.2 Å². The van der Waals surface area contributed by atoms with Crippen molar-refractivity contribution in [2.24, 2.45) is 5.92 Å². The summed E-state index contributed by atoms with van der Waals surface area (Å²) in [5, 5.41) is 11.2. The Morgan fingerprint density at radius 3 is 2.69 bits per heavy atom. The van der Waals surface area contributed by atoms with Crippen LogP contribution in [0.5, 0.6) is 0 Å². The van der Waals surface area contributed by atoms with E-state index in [2.05, 4.69) is 36.5 Å². The van der Waals surface area contributed by atoms with Gasteiger partial charge in [-0.25, -0.2) is 27.8 Å². The second-order valence-electron chi connectivity index (χ2n) is 11.9. The van der Waals surface area contributed by atoms with Gasteiger partial charge in [0.25, 0.3) is 0 Å². The highest BCUT2D eigenvalue weighted by Gasteiger charge is 2.19. The summed E-state index contributed by atoms with van der Waals surface area (Å²) in [6.45, 7) is 1.79. The fourth-order valence-corrected chi connectivity index (χ4v) is 6.71. The van der Waals surface area contributed by atoms with Crippen molar-refractivity contribution in [3.8, 4) is 33.9 Å². The molecule has 1 aliphatic rings. The van der Waals surface area contributed by atoms with Gasteiger partial charge in [0.2, 0.25) is 0 Å². The first-order valence-electron chi connectivity index (χ1n) is 15.1. The molecule has 0 bridgehead atoms. The summed E-state index contributed by atoms with van der Waals surface area (Å²) in [6, 6.07) is 12.4. The minimum Gasteiger partial charge on any atom is -0.335 e. The Hall–Kier alpha value is -4.55. The van der Waals surface area contributed by atoms with Crippen LogP contribution in [0.3, 0.4) is 0 Å². The summed E-state index contributed by atoms with van der Waals surface area (Å²) >= 11 is 0. The highest BCUT2D eigenvalue weighted by Crippen LogP contribution is 2.32. The molecular formula is C33H33FN8O2S. The maximum atomic E-state index is 14.6. The molecule has 6 aromatic rings. The molecule has 10 nitrogen and oxygen atoms in total. The lowest BCUT2D eigenvalue weighted by Crippen LogP contribution is -2.20. The number of aromatic amines is 2. The number of halogens is 1. The van der Waals surface area contributed by atoms with Gasteiger partial charge >= 0.3 is 0 Å². The number of hydrogen-bond donors (Lipinski definition) is 3. The van der Waals surface area contributed by atoms with Crippen LogP contribution in [0.15, 0.2) is 61.1 Å². The van der Waals surface area contributed by atoms with E-state index >= 15 is 0 Å². The number of aryl methyl sites for hydroxylation is 1. The first-order chi connectivity index (χ1) is 21.8. The highest BCUT2D eigenvalue weighted by molar-refractivity contribution is 7.90. The van der Waals surface area contributed by atoms with Crippen LogP contribution in [-0.4, -0.2) is 62.1 Å². The molecule has 0 amide bonds. The van der Waals surface area contributed by atoms with Gasteiger partial charge in [0.1, 0.15) is 21.2 Å². The van der Waals surface area contributed by atoms with E-state index in [0.29, 0.717) is 44.9 Å². The number of nitrogens with one attached hydrogen (secondary N) is 3. The molecular weight excluding hydrogens is 591 g/mol. The van der Waals surface area contributed by atoms with E-state index in [0.717, 1.165) is 41.3 Å². The lowest BCUT2D eigenvalue weighted by atomic mass is 10.0. The normalized spacial score (nSPS) is 14.2. The monoisotopic (exact) mass is 624 g/mol. The summed E-state index contributed by atoms with van der Waals surface area (Å²) < 4.78 is 38.0. The van der Waals surface area contributed by atoms with E-state index in [9.17, 15) is 12.8 Å². The third kappa shape index (κ3) is 6.47. The molecule has 5 heterocycles. The Morgan fingerprint density at radius 1 is 1.00 bits per heavy atom. The molecule has 230 valence electrons. The van der Waals surface area contributed by atoms with Crippen LogP contribution in [0.4, 0.5) is 4.39 Å². The van der Waals surface area contributed by atoms with Crippen LogP contribution in [0.25, 0.3) is 56.1 Å². The van der Waals surface area contributed by atoms with Gasteiger partial charge in [0.15, 0.2) is 17.2 Å². The van der Waals surface area contributed by atoms with E-state index in [4.69, 9.17) is 9.97 Å². The summed E-state index contributed by atoms with van der Waals surface area (Å²) in [7, 11) is -3.19. The van der Waals surface area contributed by atoms with Crippen LogP contribution in [0.1, 0.15) is 36.8 Å². The zero-order chi connectivity index (χ0) is 31.0. The number of pyridine rings is 3. The molecule has 1 aliphatic carbocycles. The van der Waals surface area contributed by atoms with Crippen molar-refractivity contribution < 1.29 is 12.8 Å². The van der Waals surface area contributed by atoms with E-state index in [1.165, 1.54) is 44.1 Å². The smallest absolute Gasteiger partial charge is 0.178 e. The van der Waals surface area contributed by atoms with Crippen molar-refractivity contribution >= 4 is 32.0 Å². The Labute approximate surface area is 259 Å². The maximum Gasteiger partial charge on any atom is 0.178 e. The van der Waals surface area contributed by atoms with Gasteiger partial charge in [0, 0.05) is 42.5 Å². The number of rotatable bonds is 10. The molecule has 12 heteroatoms. The van der Waals surface area contributed by atoms with Gasteiger partial charge in [-0.05, 0) is 84.8 Å². The van der Waals surface area contributed by atoms with Gasteiger partial charge in [-0.1, -0.05) is 18.9 Å². The van der Waals surface area contributed by atoms with Crippen LogP contribution in [0, 0.1) is 11.7 Å². The summed E-state index contributed by atoms with van der Waals surface area (Å²) in [5.74, 6) is 0.735.